The van der Waals surface area contributed by atoms with E-state index >= 15 is 0 Å². The standard InChI is InChI=1S/C28H27N/c1-3-22(2)23-14-18-27(19-15-23)29(26-12-8-5-9-13-26)28-20-16-25(17-21-28)24-10-6-4-7-11-24/h4-22H,3H2,1-2H3. The molecule has 0 heterocycles. The molecule has 0 saturated heterocycles. The minimum Gasteiger partial charge on any atom is -0.311 e. The van der Waals surface area contributed by atoms with Crippen molar-refractivity contribution in [2.45, 2.75) is 26.2 Å². The predicted molar refractivity (Wildman–Crippen MR) is 125 cm³/mol. The first-order valence-corrected chi connectivity index (χ1v) is 10.4. The molecule has 0 aliphatic heterocycles. The number of para-hydroxylation sites is 1. The Balaban J connectivity index is 1.72. The second-order valence-electron chi connectivity index (χ2n) is 7.48. The van der Waals surface area contributed by atoms with Crippen molar-refractivity contribution in [1.29, 1.82) is 0 Å². The molecular weight excluding hydrogens is 350 g/mol. The van der Waals surface area contributed by atoms with Crippen molar-refractivity contribution in [3.8, 4) is 11.1 Å². The van der Waals surface area contributed by atoms with Crippen LogP contribution in [0.1, 0.15) is 31.7 Å². The van der Waals surface area contributed by atoms with E-state index in [1.165, 1.54) is 22.4 Å². The Morgan fingerprint density at radius 3 is 1.55 bits per heavy atom. The van der Waals surface area contributed by atoms with Crippen LogP contribution < -0.4 is 4.90 Å². The molecule has 1 unspecified atom stereocenters. The summed E-state index contributed by atoms with van der Waals surface area (Å²) in [5, 5.41) is 0. The molecule has 0 bridgehead atoms. The van der Waals surface area contributed by atoms with Crippen molar-refractivity contribution in [2.24, 2.45) is 0 Å². The van der Waals surface area contributed by atoms with E-state index in [1.54, 1.807) is 0 Å². The second kappa shape index (κ2) is 8.79. The van der Waals surface area contributed by atoms with E-state index in [9.17, 15) is 0 Å². The lowest BCUT2D eigenvalue weighted by Crippen LogP contribution is -2.09. The topological polar surface area (TPSA) is 3.24 Å². The number of anilines is 3. The molecule has 0 aromatic heterocycles. The SMILES string of the molecule is CCC(C)c1ccc(N(c2ccccc2)c2ccc(-c3ccccc3)cc2)cc1. The van der Waals surface area contributed by atoms with Gasteiger partial charge in [0.2, 0.25) is 0 Å². The monoisotopic (exact) mass is 377 g/mol. The van der Waals surface area contributed by atoms with Gasteiger partial charge in [-0.2, -0.15) is 0 Å². The summed E-state index contributed by atoms with van der Waals surface area (Å²) in [6.45, 7) is 4.52. The van der Waals surface area contributed by atoms with Gasteiger partial charge < -0.3 is 4.90 Å². The molecule has 0 radical (unpaired) electrons. The summed E-state index contributed by atoms with van der Waals surface area (Å²) in [6.07, 6.45) is 1.16. The zero-order valence-corrected chi connectivity index (χ0v) is 17.1. The molecule has 4 aromatic carbocycles. The average Bonchev–Trinajstić information content (AvgIpc) is 2.81. The average molecular weight is 378 g/mol. The van der Waals surface area contributed by atoms with Gasteiger partial charge in [-0.3, -0.25) is 0 Å². The number of hydrogen-bond donors (Lipinski definition) is 0. The van der Waals surface area contributed by atoms with Gasteiger partial charge in [-0.25, -0.2) is 0 Å². The van der Waals surface area contributed by atoms with Crippen LogP contribution in [0.2, 0.25) is 0 Å². The van der Waals surface area contributed by atoms with Crippen molar-refractivity contribution in [1.82, 2.24) is 0 Å². The lowest BCUT2D eigenvalue weighted by molar-refractivity contribution is 0.733. The minimum absolute atomic E-state index is 0.583. The molecule has 144 valence electrons. The lowest BCUT2D eigenvalue weighted by atomic mass is 9.98. The number of nitrogens with zero attached hydrogens (tertiary/aromatic N) is 1. The van der Waals surface area contributed by atoms with Crippen LogP contribution in [-0.2, 0) is 0 Å². The first kappa shape index (κ1) is 19.0. The largest absolute Gasteiger partial charge is 0.311 e. The third-order valence-corrected chi connectivity index (χ3v) is 5.58. The van der Waals surface area contributed by atoms with Crippen molar-refractivity contribution in [3.63, 3.8) is 0 Å². The number of benzene rings is 4. The molecule has 29 heavy (non-hydrogen) atoms. The van der Waals surface area contributed by atoms with E-state index in [0.29, 0.717) is 5.92 Å². The first-order valence-electron chi connectivity index (χ1n) is 10.4. The van der Waals surface area contributed by atoms with Crippen LogP contribution in [0.15, 0.2) is 109 Å². The Labute approximate surface area is 174 Å². The minimum atomic E-state index is 0.583. The second-order valence-corrected chi connectivity index (χ2v) is 7.48. The van der Waals surface area contributed by atoms with E-state index in [-0.39, 0.29) is 0 Å². The Morgan fingerprint density at radius 2 is 1.00 bits per heavy atom. The highest BCUT2D eigenvalue weighted by atomic mass is 15.1. The van der Waals surface area contributed by atoms with Crippen LogP contribution in [0.4, 0.5) is 17.1 Å². The van der Waals surface area contributed by atoms with Gasteiger partial charge in [0.1, 0.15) is 0 Å². The molecule has 0 spiro atoms. The smallest absolute Gasteiger partial charge is 0.0462 e. The van der Waals surface area contributed by atoms with Crippen LogP contribution in [-0.4, -0.2) is 0 Å². The van der Waals surface area contributed by atoms with Gasteiger partial charge in [-0.1, -0.05) is 86.6 Å². The zero-order valence-electron chi connectivity index (χ0n) is 17.1. The molecule has 4 rings (SSSR count). The fourth-order valence-electron chi connectivity index (χ4n) is 3.65. The molecule has 0 saturated carbocycles. The van der Waals surface area contributed by atoms with Crippen molar-refractivity contribution < 1.29 is 0 Å². The van der Waals surface area contributed by atoms with Crippen molar-refractivity contribution >= 4 is 17.1 Å². The summed E-state index contributed by atoms with van der Waals surface area (Å²) in [4.78, 5) is 2.31. The van der Waals surface area contributed by atoms with E-state index in [1.807, 2.05) is 0 Å². The molecule has 0 aliphatic rings. The summed E-state index contributed by atoms with van der Waals surface area (Å²) in [6, 6.07) is 38.9. The maximum Gasteiger partial charge on any atom is 0.0462 e. The summed E-state index contributed by atoms with van der Waals surface area (Å²) in [5.74, 6) is 0.583. The van der Waals surface area contributed by atoms with E-state index in [0.717, 1.165) is 17.8 Å². The summed E-state index contributed by atoms with van der Waals surface area (Å²) < 4.78 is 0. The van der Waals surface area contributed by atoms with Gasteiger partial charge in [-0.05, 0) is 65.4 Å². The molecular formula is C28H27N. The predicted octanol–water partition coefficient (Wildman–Crippen LogP) is 8.34. The molecule has 0 amide bonds. The Bertz CT molecular complexity index is 1020. The van der Waals surface area contributed by atoms with Crippen LogP contribution in [0, 0.1) is 0 Å². The molecule has 0 N–H and O–H groups in total. The summed E-state index contributed by atoms with van der Waals surface area (Å²) >= 11 is 0. The fourth-order valence-corrected chi connectivity index (χ4v) is 3.65. The molecule has 1 atom stereocenters. The van der Waals surface area contributed by atoms with Gasteiger partial charge in [0.05, 0.1) is 0 Å². The fraction of sp³-hybridized carbons (Fsp3) is 0.143. The van der Waals surface area contributed by atoms with E-state index < -0.39 is 0 Å². The normalized spacial score (nSPS) is 11.8. The van der Waals surface area contributed by atoms with Crippen molar-refractivity contribution in [3.05, 3.63) is 115 Å². The molecule has 4 aromatic rings. The quantitative estimate of drug-likeness (QED) is 0.326. The van der Waals surface area contributed by atoms with Gasteiger partial charge >= 0.3 is 0 Å². The third-order valence-electron chi connectivity index (χ3n) is 5.58. The Hall–Kier alpha value is -3.32. The highest BCUT2D eigenvalue weighted by Gasteiger charge is 2.13. The highest BCUT2D eigenvalue weighted by molar-refractivity contribution is 5.78. The van der Waals surface area contributed by atoms with Crippen LogP contribution in [0.25, 0.3) is 11.1 Å². The highest BCUT2D eigenvalue weighted by Crippen LogP contribution is 2.36. The first-order chi connectivity index (χ1) is 14.3. The van der Waals surface area contributed by atoms with E-state index in [2.05, 4.69) is 128 Å². The van der Waals surface area contributed by atoms with Crippen molar-refractivity contribution in [2.75, 3.05) is 4.90 Å². The molecule has 0 aliphatic carbocycles. The maximum atomic E-state index is 2.31. The number of hydrogen-bond acceptors (Lipinski definition) is 1. The summed E-state index contributed by atoms with van der Waals surface area (Å²) in [7, 11) is 0. The zero-order chi connectivity index (χ0) is 20.1. The van der Waals surface area contributed by atoms with Gasteiger partial charge in [0.25, 0.3) is 0 Å². The molecule has 0 fully saturated rings. The van der Waals surface area contributed by atoms with Gasteiger partial charge in [-0.15, -0.1) is 0 Å². The molecule has 1 heteroatoms. The van der Waals surface area contributed by atoms with Crippen LogP contribution in [0.3, 0.4) is 0 Å². The van der Waals surface area contributed by atoms with Crippen LogP contribution in [0.5, 0.6) is 0 Å². The van der Waals surface area contributed by atoms with E-state index in [4.69, 9.17) is 0 Å². The summed E-state index contributed by atoms with van der Waals surface area (Å²) in [5.41, 5.74) is 7.36. The maximum absolute atomic E-state index is 2.31. The number of rotatable bonds is 6. The van der Waals surface area contributed by atoms with Crippen LogP contribution >= 0.6 is 0 Å². The third kappa shape index (κ3) is 4.25. The van der Waals surface area contributed by atoms with Gasteiger partial charge in [0, 0.05) is 17.1 Å². The van der Waals surface area contributed by atoms with Gasteiger partial charge in [0.15, 0.2) is 0 Å². The Kier molecular flexibility index (Phi) is 5.76. The Morgan fingerprint density at radius 1 is 0.552 bits per heavy atom. The molecule has 1 nitrogen and oxygen atoms in total. The lowest BCUT2D eigenvalue weighted by Gasteiger charge is -2.26.